The fourth-order valence-corrected chi connectivity index (χ4v) is 2.77. The molecule has 3 rings (SSSR count). The van der Waals surface area contributed by atoms with Crippen molar-refractivity contribution in [2.45, 2.75) is 25.7 Å². The van der Waals surface area contributed by atoms with E-state index in [0.717, 1.165) is 4.90 Å². The molecule has 0 unspecified atom stereocenters. The molecule has 1 N–H and O–H groups in total. The molecule has 0 saturated carbocycles. The van der Waals surface area contributed by atoms with Crippen LogP contribution in [-0.4, -0.2) is 51.6 Å². The van der Waals surface area contributed by atoms with Gasteiger partial charge in [-0.05, 0) is 19.1 Å². The highest BCUT2D eigenvalue weighted by molar-refractivity contribution is 5.98. The van der Waals surface area contributed by atoms with E-state index in [9.17, 15) is 27.6 Å². The van der Waals surface area contributed by atoms with Crippen LogP contribution in [0.2, 0.25) is 0 Å². The molecule has 0 spiro atoms. The predicted octanol–water partition coefficient (Wildman–Crippen LogP) is 1.54. The molecule has 0 radical (unpaired) electrons. The van der Waals surface area contributed by atoms with Gasteiger partial charge in [0.1, 0.15) is 6.54 Å². The number of fused-ring (bicyclic) bond motifs is 1. The number of nitrogens with one attached hydrogen (secondary N) is 1. The van der Waals surface area contributed by atoms with Gasteiger partial charge in [0.15, 0.2) is 6.10 Å². The SMILES string of the molecule is C[C@@H](OC(=O)Cn1c(C(F)(F)F)nc2ccccc21)C(=O)N1CCNC1=O. The normalized spacial score (nSPS) is 15.7. The first kappa shape index (κ1) is 18.7. The number of esters is 1. The highest BCUT2D eigenvalue weighted by atomic mass is 19.4. The maximum absolute atomic E-state index is 13.2. The number of carbonyl (C=O) groups is 3. The van der Waals surface area contributed by atoms with Gasteiger partial charge in [0.05, 0.1) is 11.0 Å². The minimum atomic E-state index is -4.77. The van der Waals surface area contributed by atoms with Crippen LogP contribution in [0, 0.1) is 0 Å². The molecular formula is C16H15F3N4O4. The first-order chi connectivity index (χ1) is 12.7. The Morgan fingerprint density at radius 1 is 1.33 bits per heavy atom. The molecule has 0 aliphatic carbocycles. The summed E-state index contributed by atoms with van der Waals surface area (Å²) in [5, 5.41) is 2.43. The summed E-state index contributed by atoms with van der Waals surface area (Å²) >= 11 is 0. The van der Waals surface area contributed by atoms with E-state index in [1.54, 1.807) is 0 Å². The Bertz CT molecular complexity index is 909. The second-order valence-corrected chi connectivity index (χ2v) is 5.86. The van der Waals surface area contributed by atoms with Crippen LogP contribution >= 0.6 is 0 Å². The minimum Gasteiger partial charge on any atom is -0.451 e. The zero-order valence-electron chi connectivity index (χ0n) is 14.1. The minimum absolute atomic E-state index is 0.0792. The Morgan fingerprint density at radius 2 is 2.04 bits per heavy atom. The molecule has 11 heteroatoms. The summed E-state index contributed by atoms with van der Waals surface area (Å²) in [6.07, 6.45) is -6.08. The van der Waals surface area contributed by atoms with Crippen LogP contribution in [0.5, 0.6) is 0 Å². The van der Waals surface area contributed by atoms with Gasteiger partial charge < -0.3 is 14.6 Å². The van der Waals surface area contributed by atoms with Gasteiger partial charge in [-0.2, -0.15) is 13.2 Å². The molecule has 2 aromatic rings. The molecular weight excluding hydrogens is 369 g/mol. The number of urea groups is 1. The Kier molecular flexibility index (Phi) is 4.77. The third-order valence-electron chi connectivity index (χ3n) is 3.97. The summed E-state index contributed by atoms with van der Waals surface area (Å²) in [4.78, 5) is 40.1. The fourth-order valence-electron chi connectivity index (χ4n) is 2.77. The van der Waals surface area contributed by atoms with Gasteiger partial charge >= 0.3 is 18.2 Å². The van der Waals surface area contributed by atoms with Crippen LogP contribution in [0.1, 0.15) is 12.7 Å². The number of hydrogen-bond acceptors (Lipinski definition) is 5. The zero-order valence-corrected chi connectivity index (χ0v) is 14.1. The van der Waals surface area contributed by atoms with Gasteiger partial charge in [0.2, 0.25) is 5.82 Å². The lowest BCUT2D eigenvalue weighted by molar-refractivity contribution is -0.159. The summed E-state index contributed by atoms with van der Waals surface area (Å²) < 4.78 is 45.3. The Balaban J connectivity index is 1.78. The molecule has 1 aromatic heterocycles. The summed E-state index contributed by atoms with van der Waals surface area (Å²) in [6, 6.07) is 5.23. The Morgan fingerprint density at radius 3 is 2.67 bits per heavy atom. The van der Waals surface area contributed by atoms with E-state index in [1.165, 1.54) is 31.2 Å². The van der Waals surface area contributed by atoms with Crippen molar-refractivity contribution in [2.24, 2.45) is 0 Å². The molecule has 1 aliphatic rings. The van der Waals surface area contributed by atoms with Crippen molar-refractivity contribution in [3.63, 3.8) is 0 Å². The number of nitrogens with zero attached hydrogens (tertiary/aromatic N) is 3. The van der Waals surface area contributed by atoms with Crippen molar-refractivity contribution in [3.05, 3.63) is 30.1 Å². The lowest BCUT2D eigenvalue weighted by atomic mass is 10.3. The third kappa shape index (κ3) is 3.71. The van der Waals surface area contributed by atoms with Gasteiger partial charge in [0, 0.05) is 13.1 Å². The number of benzene rings is 1. The van der Waals surface area contributed by atoms with E-state index in [2.05, 4.69) is 10.3 Å². The van der Waals surface area contributed by atoms with Gasteiger partial charge in [-0.3, -0.25) is 14.5 Å². The van der Waals surface area contributed by atoms with Crippen molar-refractivity contribution < 1.29 is 32.3 Å². The van der Waals surface area contributed by atoms with Crippen molar-refractivity contribution in [3.8, 4) is 0 Å². The van der Waals surface area contributed by atoms with Crippen LogP contribution in [0.15, 0.2) is 24.3 Å². The summed E-state index contributed by atoms with van der Waals surface area (Å²) in [6.45, 7) is 0.882. The zero-order chi connectivity index (χ0) is 19.8. The Labute approximate surface area is 150 Å². The van der Waals surface area contributed by atoms with Crippen molar-refractivity contribution in [2.75, 3.05) is 13.1 Å². The second kappa shape index (κ2) is 6.89. The highest BCUT2D eigenvalue weighted by Crippen LogP contribution is 2.31. The number of ether oxygens (including phenoxy) is 1. The number of rotatable bonds is 4. The average Bonchev–Trinajstić information content (AvgIpc) is 3.18. The number of hydrogen-bond donors (Lipinski definition) is 1. The highest BCUT2D eigenvalue weighted by Gasteiger charge is 2.38. The van der Waals surface area contributed by atoms with Crippen LogP contribution in [-0.2, 0) is 27.0 Å². The number of imidazole rings is 1. The van der Waals surface area contributed by atoms with Gasteiger partial charge in [0.25, 0.3) is 5.91 Å². The smallest absolute Gasteiger partial charge is 0.449 e. The van der Waals surface area contributed by atoms with Gasteiger partial charge in [-0.1, -0.05) is 12.1 Å². The van der Waals surface area contributed by atoms with E-state index in [-0.39, 0.29) is 24.1 Å². The van der Waals surface area contributed by atoms with E-state index in [4.69, 9.17) is 4.74 Å². The predicted molar refractivity (Wildman–Crippen MR) is 85.4 cm³/mol. The van der Waals surface area contributed by atoms with Crippen molar-refractivity contribution in [1.82, 2.24) is 19.8 Å². The van der Waals surface area contributed by atoms with E-state index in [1.807, 2.05) is 0 Å². The summed E-state index contributed by atoms with van der Waals surface area (Å²) in [7, 11) is 0. The number of aromatic nitrogens is 2. The van der Waals surface area contributed by atoms with Crippen LogP contribution < -0.4 is 5.32 Å². The molecule has 144 valence electrons. The van der Waals surface area contributed by atoms with Crippen LogP contribution in [0.4, 0.5) is 18.0 Å². The number of para-hydroxylation sites is 2. The van der Waals surface area contributed by atoms with E-state index < -0.39 is 42.6 Å². The Hall–Kier alpha value is -3.11. The quantitative estimate of drug-likeness (QED) is 0.807. The third-order valence-corrected chi connectivity index (χ3v) is 3.97. The first-order valence-electron chi connectivity index (χ1n) is 7.99. The lowest BCUT2D eigenvalue weighted by Crippen LogP contribution is -2.42. The number of halogens is 3. The number of carbonyl (C=O) groups excluding carboxylic acids is 3. The molecule has 1 saturated heterocycles. The average molecular weight is 384 g/mol. The molecule has 0 bridgehead atoms. The molecule has 27 heavy (non-hydrogen) atoms. The van der Waals surface area contributed by atoms with Gasteiger partial charge in [-0.15, -0.1) is 0 Å². The second-order valence-electron chi connectivity index (χ2n) is 5.86. The first-order valence-corrected chi connectivity index (χ1v) is 7.99. The summed E-state index contributed by atoms with van der Waals surface area (Å²) in [5.74, 6) is -3.03. The van der Waals surface area contributed by atoms with Crippen molar-refractivity contribution in [1.29, 1.82) is 0 Å². The fraction of sp³-hybridized carbons (Fsp3) is 0.375. The lowest BCUT2D eigenvalue weighted by Gasteiger charge is -2.18. The summed E-state index contributed by atoms with van der Waals surface area (Å²) in [5.41, 5.74) is 0.190. The number of amides is 3. The number of imide groups is 1. The molecule has 1 fully saturated rings. The molecule has 8 nitrogen and oxygen atoms in total. The maximum atomic E-state index is 13.2. The topological polar surface area (TPSA) is 93.5 Å². The maximum Gasteiger partial charge on any atom is 0.449 e. The molecule has 2 heterocycles. The van der Waals surface area contributed by atoms with E-state index >= 15 is 0 Å². The van der Waals surface area contributed by atoms with Crippen LogP contribution in [0.3, 0.4) is 0 Å². The largest absolute Gasteiger partial charge is 0.451 e. The van der Waals surface area contributed by atoms with Gasteiger partial charge in [-0.25, -0.2) is 9.78 Å². The number of alkyl halides is 3. The standard InChI is InChI=1S/C16H15F3N4O4/c1-9(13(25)22-7-6-20-15(22)26)27-12(24)8-23-11-5-3-2-4-10(11)21-14(23)16(17,18)19/h2-5,9H,6-8H2,1H3,(H,20,26)/t9-/m1/s1. The van der Waals surface area contributed by atoms with E-state index in [0.29, 0.717) is 4.57 Å². The monoisotopic (exact) mass is 384 g/mol. The van der Waals surface area contributed by atoms with Crippen molar-refractivity contribution >= 4 is 28.9 Å². The molecule has 1 aromatic carbocycles. The molecule has 1 aliphatic heterocycles. The molecule has 1 atom stereocenters. The molecule has 3 amide bonds. The van der Waals surface area contributed by atoms with Crippen LogP contribution in [0.25, 0.3) is 11.0 Å².